The van der Waals surface area contributed by atoms with E-state index in [-0.39, 0.29) is 35.1 Å². The average molecular weight is 519 g/mol. The number of anilines is 2. The molecular formula is C24H24F3N5O5. The smallest absolute Gasteiger partial charge is 0.491 e. The number of carbonyl (C=O) groups excluding carboxylic acids is 2. The lowest BCUT2D eigenvalue weighted by Crippen LogP contribution is -2.33. The van der Waals surface area contributed by atoms with Crippen LogP contribution in [0.15, 0.2) is 48.8 Å². The van der Waals surface area contributed by atoms with Gasteiger partial charge in [0.1, 0.15) is 23.0 Å². The molecule has 1 heterocycles. The molecule has 0 aliphatic carbocycles. The van der Waals surface area contributed by atoms with Crippen LogP contribution in [0.5, 0.6) is 17.2 Å². The van der Waals surface area contributed by atoms with Crippen LogP contribution in [-0.4, -0.2) is 72.3 Å². The first-order valence-corrected chi connectivity index (χ1v) is 10.8. The third kappa shape index (κ3) is 7.07. The van der Waals surface area contributed by atoms with Gasteiger partial charge in [0.25, 0.3) is 5.91 Å². The summed E-state index contributed by atoms with van der Waals surface area (Å²) in [4.78, 5) is 34.9. The zero-order chi connectivity index (χ0) is 27.2. The molecule has 3 N–H and O–H groups in total. The number of ether oxygens (including phenoxy) is 2. The Balaban J connectivity index is 2.05. The van der Waals surface area contributed by atoms with E-state index in [0.29, 0.717) is 17.8 Å². The molecule has 0 aliphatic heterocycles. The van der Waals surface area contributed by atoms with Gasteiger partial charge in [-0.25, -0.2) is 9.78 Å². The summed E-state index contributed by atoms with van der Waals surface area (Å²) in [5, 5.41) is 14.8. The van der Waals surface area contributed by atoms with Gasteiger partial charge in [-0.1, -0.05) is 0 Å². The predicted molar refractivity (Wildman–Crippen MR) is 128 cm³/mol. The van der Waals surface area contributed by atoms with E-state index in [0.717, 1.165) is 0 Å². The van der Waals surface area contributed by atoms with Crippen molar-refractivity contribution in [2.24, 2.45) is 0 Å². The highest BCUT2D eigenvalue weighted by Gasteiger charge is 2.42. The standard InChI is InChI=1S/C24H24F3N5O5/c1-32(2)11-10-29-22(34)16-8-9-18(36-3)20(21(16)37-23(35)24(25,26)27)31-19-13-28-12-17(30-19)14-4-6-15(33)7-5-14/h4-9,12-13,33H,10-11H2,1-3H3,(H,29,34)(H,30,31). The summed E-state index contributed by atoms with van der Waals surface area (Å²) in [6, 6.07) is 8.62. The number of amides is 1. The molecule has 3 aromatic rings. The van der Waals surface area contributed by atoms with E-state index in [9.17, 15) is 27.9 Å². The van der Waals surface area contributed by atoms with Gasteiger partial charge in [-0.05, 0) is 50.5 Å². The second-order valence-electron chi connectivity index (χ2n) is 7.93. The molecule has 1 amide bonds. The number of nitrogens with zero attached hydrogens (tertiary/aromatic N) is 3. The van der Waals surface area contributed by atoms with Crippen LogP contribution in [0.25, 0.3) is 11.3 Å². The molecule has 0 saturated carbocycles. The van der Waals surface area contributed by atoms with Crippen LogP contribution in [0.2, 0.25) is 0 Å². The number of esters is 1. The molecule has 0 aliphatic rings. The van der Waals surface area contributed by atoms with Gasteiger partial charge in [-0.15, -0.1) is 0 Å². The van der Waals surface area contributed by atoms with E-state index in [1.807, 2.05) is 0 Å². The van der Waals surface area contributed by atoms with Crippen LogP contribution < -0.4 is 20.1 Å². The Hall–Kier alpha value is -4.39. The van der Waals surface area contributed by atoms with Gasteiger partial charge < -0.3 is 30.1 Å². The number of carbonyl (C=O) groups is 2. The SMILES string of the molecule is COc1ccc(C(=O)NCCN(C)C)c(OC(=O)C(F)(F)F)c1Nc1cncc(-c2ccc(O)cc2)n1. The second kappa shape index (κ2) is 11.6. The molecule has 0 radical (unpaired) electrons. The molecule has 0 fully saturated rings. The minimum absolute atomic E-state index is 0.0216. The van der Waals surface area contributed by atoms with Crippen molar-refractivity contribution in [1.29, 1.82) is 0 Å². The van der Waals surface area contributed by atoms with E-state index < -0.39 is 23.8 Å². The minimum atomic E-state index is -5.32. The Morgan fingerprint density at radius 3 is 2.41 bits per heavy atom. The van der Waals surface area contributed by atoms with E-state index in [2.05, 4.69) is 25.3 Å². The number of phenolic OH excluding ortho intramolecular Hbond substituents is 1. The Labute approximate surface area is 210 Å². The lowest BCUT2D eigenvalue weighted by molar-refractivity contribution is -0.189. The predicted octanol–water partition coefficient (Wildman–Crippen LogP) is 3.36. The molecular weight excluding hydrogens is 495 g/mol. The molecule has 13 heteroatoms. The number of halogens is 3. The van der Waals surface area contributed by atoms with Crippen molar-refractivity contribution in [2.45, 2.75) is 6.18 Å². The molecule has 0 atom stereocenters. The Bertz CT molecular complexity index is 1270. The molecule has 0 unspecified atom stereocenters. The number of methoxy groups -OCH3 is 1. The van der Waals surface area contributed by atoms with Gasteiger partial charge in [-0.2, -0.15) is 13.2 Å². The first kappa shape index (κ1) is 27.2. The van der Waals surface area contributed by atoms with E-state index in [1.165, 1.54) is 43.8 Å². The summed E-state index contributed by atoms with van der Waals surface area (Å²) in [6.45, 7) is 0.651. The number of nitrogens with one attached hydrogen (secondary N) is 2. The summed E-state index contributed by atoms with van der Waals surface area (Å²) < 4.78 is 49.2. The van der Waals surface area contributed by atoms with Crippen molar-refractivity contribution in [3.05, 3.63) is 54.4 Å². The fraction of sp³-hybridized carbons (Fsp3) is 0.250. The fourth-order valence-electron chi connectivity index (χ4n) is 3.10. The monoisotopic (exact) mass is 519 g/mol. The second-order valence-corrected chi connectivity index (χ2v) is 7.93. The highest BCUT2D eigenvalue weighted by molar-refractivity contribution is 6.01. The van der Waals surface area contributed by atoms with E-state index >= 15 is 0 Å². The molecule has 1 aromatic heterocycles. The number of hydrogen-bond donors (Lipinski definition) is 3. The Morgan fingerprint density at radius 1 is 1.08 bits per heavy atom. The third-order valence-electron chi connectivity index (χ3n) is 4.91. The summed E-state index contributed by atoms with van der Waals surface area (Å²) in [6.07, 6.45) is -2.60. The number of rotatable bonds is 9. The zero-order valence-electron chi connectivity index (χ0n) is 20.1. The topological polar surface area (TPSA) is 126 Å². The number of aromatic hydroxyl groups is 1. The van der Waals surface area contributed by atoms with Crippen LogP contribution in [0.1, 0.15) is 10.4 Å². The maximum absolute atomic E-state index is 13.1. The Morgan fingerprint density at radius 2 is 1.78 bits per heavy atom. The minimum Gasteiger partial charge on any atom is -0.508 e. The Kier molecular flexibility index (Phi) is 8.50. The maximum atomic E-state index is 13.1. The van der Waals surface area contributed by atoms with E-state index in [4.69, 9.17) is 4.74 Å². The molecule has 3 rings (SSSR count). The number of hydrogen-bond acceptors (Lipinski definition) is 9. The highest BCUT2D eigenvalue weighted by Crippen LogP contribution is 2.40. The van der Waals surface area contributed by atoms with Crippen LogP contribution in [0, 0.1) is 0 Å². The van der Waals surface area contributed by atoms with Crippen LogP contribution >= 0.6 is 0 Å². The largest absolute Gasteiger partial charge is 0.508 e. The lowest BCUT2D eigenvalue weighted by Gasteiger charge is -2.19. The maximum Gasteiger partial charge on any atom is 0.491 e. The number of phenols is 1. The van der Waals surface area contributed by atoms with Crippen LogP contribution in [0.4, 0.5) is 24.7 Å². The van der Waals surface area contributed by atoms with Gasteiger partial charge >= 0.3 is 12.1 Å². The average Bonchev–Trinajstić information content (AvgIpc) is 2.84. The molecule has 10 nitrogen and oxygen atoms in total. The highest BCUT2D eigenvalue weighted by atomic mass is 19.4. The third-order valence-corrected chi connectivity index (χ3v) is 4.91. The molecule has 2 aromatic carbocycles. The molecule has 0 spiro atoms. The van der Waals surface area contributed by atoms with Gasteiger partial charge in [0.2, 0.25) is 0 Å². The number of benzene rings is 2. The van der Waals surface area contributed by atoms with Gasteiger partial charge in [0, 0.05) is 18.7 Å². The van der Waals surface area contributed by atoms with Gasteiger partial charge in [-0.3, -0.25) is 9.78 Å². The normalized spacial score (nSPS) is 11.2. The van der Waals surface area contributed by atoms with Gasteiger partial charge in [0.05, 0.1) is 30.8 Å². The number of likely N-dealkylation sites (N-methyl/N-ethyl adjacent to an activating group) is 1. The summed E-state index contributed by atoms with van der Waals surface area (Å²) in [5.41, 5.74) is 0.397. The number of aromatic nitrogens is 2. The van der Waals surface area contributed by atoms with Gasteiger partial charge in [0.15, 0.2) is 5.75 Å². The van der Waals surface area contributed by atoms with Crippen molar-refractivity contribution >= 4 is 23.4 Å². The first-order valence-electron chi connectivity index (χ1n) is 10.8. The quantitative estimate of drug-likeness (QED) is 0.288. The molecule has 0 bridgehead atoms. The van der Waals surface area contributed by atoms with Crippen molar-refractivity contribution in [3.8, 4) is 28.5 Å². The lowest BCUT2D eigenvalue weighted by atomic mass is 10.1. The summed E-state index contributed by atoms with van der Waals surface area (Å²) in [7, 11) is 4.82. The van der Waals surface area contributed by atoms with E-state index in [1.54, 1.807) is 31.1 Å². The van der Waals surface area contributed by atoms with Crippen molar-refractivity contribution < 1.29 is 37.3 Å². The van der Waals surface area contributed by atoms with Crippen molar-refractivity contribution in [3.63, 3.8) is 0 Å². The molecule has 196 valence electrons. The fourth-order valence-corrected chi connectivity index (χ4v) is 3.10. The van der Waals surface area contributed by atoms with Crippen molar-refractivity contribution in [2.75, 3.05) is 39.6 Å². The molecule has 37 heavy (non-hydrogen) atoms. The van der Waals surface area contributed by atoms with Crippen LogP contribution in [-0.2, 0) is 4.79 Å². The van der Waals surface area contributed by atoms with Crippen LogP contribution in [0.3, 0.4) is 0 Å². The summed E-state index contributed by atoms with van der Waals surface area (Å²) in [5.74, 6) is -3.89. The van der Waals surface area contributed by atoms with Crippen molar-refractivity contribution in [1.82, 2.24) is 20.2 Å². The molecule has 0 saturated heterocycles. The first-order chi connectivity index (χ1) is 17.5. The number of alkyl halides is 3. The zero-order valence-corrected chi connectivity index (χ0v) is 20.1. The summed E-state index contributed by atoms with van der Waals surface area (Å²) >= 11 is 0.